The van der Waals surface area contributed by atoms with Gasteiger partial charge in [0.2, 0.25) is 5.75 Å². The number of nitrogens with one attached hydrogen (secondary N) is 1. The van der Waals surface area contributed by atoms with E-state index >= 15 is 0 Å². The van der Waals surface area contributed by atoms with Crippen LogP contribution in [0.25, 0.3) is 0 Å². The summed E-state index contributed by atoms with van der Waals surface area (Å²) in [5, 5.41) is 8.63. The van der Waals surface area contributed by atoms with Gasteiger partial charge in [-0.2, -0.15) is 0 Å². The molecule has 0 atom stereocenters. The second-order valence-electron chi connectivity index (χ2n) is 2.95. The van der Waals surface area contributed by atoms with E-state index in [0.717, 1.165) is 0 Å². The fraction of sp³-hybridized carbons (Fsp3) is 0.300. The summed E-state index contributed by atoms with van der Waals surface area (Å²) in [5.74, 6) is 0.309. The highest BCUT2D eigenvalue weighted by atomic mass is 79.9. The van der Waals surface area contributed by atoms with Gasteiger partial charge in [0.25, 0.3) is 5.91 Å². The zero-order valence-electron chi connectivity index (χ0n) is 9.54. The highest BCUT2D eigenvalue weighted by Gasteiger charge is 2.22. The molecule has 1 aromatic rings. The van der Waals surface area contributed by atoms with Crippen molar-refractivity contribution in [2.75, 3.05) is 21.3 Å². The maximum Gasteiger partial charge on any atom is 0.276 e. The fourth-order valence-corrected chi connectivity index (χ4v) is 1.98. The molecular weight excluding hydrogens is 294 g/mol. The second kappa shape index (κ2) is 5.74. The van der Waals surface area contributed by atoms with Crippen molar-refractivity contribution >= 4 is 21.8 Å². The molecule has 6 nitrogen and oxygen atoms in total. The number of amides is 1. The normalized spacial score (nSPS) is 9.71. The van der Waals surface area contributed by atoms with Gasteiger partial charge in [0.15, 0.2) is 11.5 Å². The number of methoxy groups -OCH3 is 3. The molecule has 94 valence electrons. The standard InChI is InChI=1S/C10H12BrNO5/c1-15-6-4-5(10(13)12-14)7(11)9(17-3)8(6)16-2/h4,14H,1-3H3,(H,12,13). The molecule has 0 aliphatic carbocycles. The molecule has 7 heteroatoms. The van der Waals surface area contributed by atoms with Crippen LogP contribution >= 0.6 is 15.9 Å². The van der Waals surface area contributed by atoms with Crippen LogP contribution in [0.15, 0.2) is 10.5 Å². The first kappa shape index (κ1) is 13.6. The third-order valence-electron chi connectivity index (χ3n) is 2.12. The van der Waals surface area contributed by atoms with Crippen LogP contribution in [0.3, 0.4) is 0 Å². The molecule has 0 bridgehead atoms. The van der Waals surface area contributed by atoms with Gasteiger partial charge in [-0.15, -0.1) is 0 Å². The van der Waals surface area contributed by atoms with Crippen molar-refractivity contribution in [3.63, 3.8) is 0 Å². The van der Waals surface area contributed by atoms with Crippen LogP contribution in [0.1, 0.15) is 10.4 Å². The molecular formula is C10H12BrNO5. The maximum atomic E-state index is 11.4. The maximum absolute atomic E-state index is 11.4. The van der Waals surface area contributed by atoms with Crippen LogP contribution in [0.4, 0.5) is 0 Å². The van der Waals surface area contributed by atoms with Gasteiger partial charge in [0, 0.05) is 0 Å². The van der Waals surface area contributed by atoms with Gasteiger partial charge in [-0.25, -0.2) is 5.48 Å². The van der Waals surface area contributed by atoms with Gasteiger partial charge in [0.05, 0.1) is 31.4 Å². The van der Waals surface area contributed by atoms with Gasteiger partial charge in [-0.3, -0.25) is 10.0 Å². The Hall–Kier alpha value is -1.47. The molecule has 1 amide bonds. The molecule has 0 fully saturated rings. The van der Waals surface area contributed by atoms with Gasteiger partial charge in [0.1, 0.15) is 0 Å². The van der Waals surface area contributed by atoms with E-state index in [0.29, 0.717) is 21.7 Å². The zero-order chi connectivity index (χ0) is 13.0. The lowest BCUT2D eigenvalue weighted by atomic mass is 10.1. The Labute approximate surface area is 107 Å². The molecule has 0 saturated heterocycles. The second-order valence-corrected chi connectivity index (χ2v) is 3.74. The lowest BCUT2D eigenvalue weighted by molar-refractivity contribution is 0.0704. The Bertz CT molecular complexity index is 435. The van der Waals surface area contributed by atoms with Gasteiger partial charge < -0.3 is 14.2 Å². The average molecular weight is 306 g/mol. The van der Waals surface area contributed by atoms with Crippen LogP contribution < -0.4 is 19.7 Å². The van der Waals surface area contributed by atoms with Crippen molar-refractivity contribution in [2.24, 2.45) is 0 Å². The fourth-order valence-electron chi connectivity index (χ4n) is 1.35. The molecule has 2 N–H and O–H groups in total. The number of carbonyl (C=O) groups is 1. The van der Waals surface area contributed by atoms with E-state index < -0.39 is 5.91 Å². The smallest absolute Gasteiger partial charge is 0.276 e. The van der Waals surface area contributed by atoms with Crippen LogP contribution in [0.2, 0.25) is 0 Å². The highest BCUT2D eigenvalue weighted by Crippen LogP contribution is 2.44. The van der Waals surface area contributed by atoms with E-state index in [2.05, 4.69) is 15.9 Å². The Balaban J connectivity index is 3.50. The van der Waals surface area contributed by atoms with Gasteiger partial charge in [-0.1, -0.05) is 0 Å². The predicted molar refractivity (Wildman–Crippen MR) is 63.1 cm³/mol. The quantitative estimate of drug-likeness (QED) is 0.652. The third kappa shape index (κ3) is 2.45. The number of rotatable bonds is 4. The first-order valence-corrected chi connectivity index (χ1v) is 5.32. The zero-order valence-corrected chi connectivity index (χ0v) is 11.1. The van der Waals surface area contributed by atoms with E-state index in [1.54, 1.807) is 5.48 Å². The van der Waals surface area contributed by atoms with Crippen molar-refractivity contribution in [2.45, 2.75) is 0 Å². The number of halogens is 1. The van der Waals surface area contributed by atoms with E-state index in [9.17, 15) is 4.79 Å². The lowest BCUT2D eigenvalue weighted by Crippen LogP contribution is -2.19. The summed E-state index contributed by atoms with van der Waals surface area (Å²) in [6, 6.07) is 1.43. The first-order valence-electron chi connectivity index (χ1n) is 4.53. The van der Waals surface area contributed by atoms with E-state index in [1.165, 1.54) is 27.4 Å². The summed E-state index contributed by atoms with van der Waals surface area (Å²) < 4.78 is 15.7. The Morgan fingerprint density at radius 2 is 1.82 bits per heavy atom. The minimum absolute atomic E-state index is 0.169. The lowest BCUT2D eigenvalue weighted by Gasteiger charge is -2.15. The molecule has 0 saturated carbocycles. The Morgan fingerprint density at radius 1 is 1.24 bits per heavy atom. The van der Waals surface area contributed by atoms with Crippen molar-refractivity contribution in [3.8, 4) is 17.2 Å². The van der Waals surface area contributed by atoms with Gasteiger partial charge in [-0.05, 0) is 22.0 Å². The summed E-state index contributed by atoms with van der Waals surface area (Å²) in [6.45, 7) is 0. The molecule has 1 aromatic carbocycles. The summed E-state index contributed by atoms with van der Waals surface area (Å²) in [4.78, 5) is 11.4. The minimum atomic E-state index is -0.684. The average Bonchev–Trinajstić information content (AvgIpc) is 2.36. The minimum Gasteiger partial charge on any atom is -0.493 e. The molecule has 0 aliphatic rings. The first-order chi connectivity index (χ1) is 8.10. The molecule has 0 unspecified atom stereocenters. The number of ether oxygens (including phenoxy) is 3. The summed E-state index contributed by atoms with van der Waals surface area (Å²) in [7, 11) is 4.33. The number of benzene rings is 1. The molecule has 17 heavy (non-hydrogen) atoms. The molecule has 0 spiro atoms. The van der Waals surface area contributed by atoms with Crippen LogP contribution in [-0.4, -0.2) is 32.4 Å². The van der Waals surface area contributed by atoms with Crippen molar-refractivity contribution in [1.82, 2.24) is 5.48 Å². The molecule has 0 radical (unpaired) electrons. The Kier molecular flexibility index (Phi) is 4.59. The van der Waals surface area contributed by atoms with Crippen molar-refractivity contribution < 1.29 is 24.2 Å². The predicted octanol–water partition coefficient (Wildman–Crippen LogP) is 1.59. The number of hydrogen-bond acceptors (Lipinski definition) is 5. The number of hydrogen-bond donors (Lipinski definition) is 2. The Morgan fingerprint density at radius 3 is 2.24 bits per heavy atom. The van der Waals surface area contributed by atoms with E-state index in [4.69, 9.17) is 19.4 Å². The largest absolute Gasteiger partial charge is 0.493 e. The third-order valence-corrected chi connectivity index (χ3v) is 2.90. The van der Waals surface area contributed by atoms with Crippen LogP contribution in [0, 0.1) is 0 Å². The number of carbonyl (C=O) groups excluding carboxylic acids is 1. The van der Waals surface area contributed by atoms with Gasteiger partial charge >= 0.3 is 0 Å². The van der Waals surface area contributed by atoms with Crippen molar-refractivity contribution in [3.05, 3.63) is 16.1 Å². The van der Waals surface area contributed by atoms with Crippen LogP contribution in [0.5, 0.6) is 17.2 Å². The molecule has 0 heterocycles. The molecule has 0 aliphatic heterocycles. The van der Waals surface area contributed by atoms with Crippen molar-refractivity contribution in [1.29, 1.82) is 0 Å². The summed E-state index contributed by atoms with van der Waals surface area (Å²) in [5.41, 5.74) is 1.71. The summed E-state index contributed by atoms with van der Waals surface area (Å²) >= 11 is 3.21. The monoisotopic (exact) mass is 305 g/mol. The number of hydroxylamine groups is 1. The van der Waals surface area contributed by atoms with E-state index in [1.807, 2.05) is 0 Å². The van der Waals surface area contributed by atoms with Crippen LogP contribution in [-0.2, 0) is 0 Å². The SMILES string of the molecule is COc1cc(C(=O)NO)c(Br)c(OC)c1OC. The van der Waals surface area contributed by atoms with E-state index in [-0.39, 0.29) is 5.56 Å². The highest BCUT2D eigenvalue weighted by molar-refractivity contribution is 9.10. The molecule has 0 aromatic heterocycles. The summed E-state index contributed by atoms with van der Waals surface area (Å²) in [6.07, 6.45) is 0. The topological polar surface area (TPSA) is 77.0 Å². The molecule has 1 rings (SSSR count).